The van der Waals surface area contributed by atoms with Gasteiger partial charge in [0.1, 0.15) is 0 Å². The van der Waals surface area contributed by atoms with Crippen molar-refractivity contribution in [1.29, 1.82) is 0 Å². The van der Waals surface area contributed by atoms with E-state index in [0.717, 1.165) is 23.7 Å². The van der Waals surface area contributed by atoms with Gasteiger partial charge in [0.25, 0.3) is 5.91 Å². The van der Waals surface area contributed by atoms with Crippen molar-refractivity contribution in [2.24, 2.45) is 0 Å². The van der Waals surface area contributed by atoms with Gasteiger partial charge in [-0.3, -0.25) is 9.78 Å². The smallest absolute Gasteiger partial charge is 0.253 e. The number of pyridine rings is 1. The van der Waals surface area contributed by atoms with Crippen molar-refractivity contribution in [1.82, 2.24) is 10.3 Å². The third-order valence-electron chi connectivity index (χ3n) is 2.96. The Hall–Kier alpha value is -0.940. The van der Waals surface area contributed by atoms with Crippen LogP contribution in [0.15, 0.2) is 22.9 Å². The Morgan fingerprint density at radius 3 is 2.81 bits per heavy atom. The Bertz CT molecular complexity index is 399. The first kappa shape index (κ1) is 11.5. The molecule has 0 radical (unpaired) electrons. The van der Waals surface area contributed by atoms with Crippen LogP contribution in [0.4, 0.5) is 0 Å². The molecule has 2 N–H and O–H groups in total. The third kappa shape index (κ3) is 2.25. The topological polar surface area (TPSA) is 62.2 Å². The maximum atomic E-state index is 11.9. The lowest BCUT2D eigenvalue weighted by atomic mass is 9.77. The molecule has 1 aliphatic rings. The van der Waals surface area contributed by atoms with Crippen molar-refractivity contribution in [3.63, 3.8) is 0 Å². The van der Waals surface area contributed by atoms with E-state index in [1.165, 1.54) is 6.20 Å². The van der Waals surface area contributed by atoms with E-state index in [1.807, 2.05) is 0 Å². The first-order valence-electron chi connectivity index (χ1n) is 5.19. The van der Waals surface area contributed by atoms with Crippen LogP contribution in [0, 0.1) is 0 Å². The predicted molar refractivity (Wildman–Crippen MR) is 63.1 cm³/mol. The van der Waals surface area contributed by atoms with Crippen LogP contribution in [0.5, 0.6) is 0 Å². The second-order valence-corrected chi connectivity index (χ2v) is 5.05. The highest BCUT2D eigenvalue weighted by molar-refractivity contribution is 9.10. The van der Waals surface area contributed by atoms with Gasteiger partial charge < -0.3 is 10.4 Å². The normalized spacial score (nSPS) is 17.6. The van der Waals surface area contributed by atoms with Gasteiger partial charge >= 0.3 is 0 Å². The van der Waals surface area contributed by atoms with E-state index in [4.69, 9.17) is 0 Å². The summed E-state index contributed by atoms with van der Waals surface area (Å²) in [6.45, 7) is 0.000170. The van der Waals surface area contributed by atoms with Crippen molar-refractivity contribution in [2.75, 3.05) is 6.61 Å². The predicted octanol–water partition coefficient (Wildman–Crippen LogP) is 1.49. The van der Waals surface area contributed by atoms with Gasteiger partial charge in [0, 0.05) is 16.9 Å². The maximum absolute atomic E-state index is 11.9. The highest BCUT2D eigenvalue weighted by atomic mass is 79.9. The lowest BCUT2D eigenvalue weighted by molar-refractivity contribution is 0.0641. The molecule has 1 aromatic rings. The van der Waals surface area contributed by atoms with Gasteiger partial charge in [-0.05, 0) is 41.3 Å². The van der Waals surface area contributed by atoms with Crippen molar-refractivity contribution in [2.45, 2.75) is 24.8 Å². The number of aliphatic hydroxyl groups is 1. The van der Waals surface area contributed by atoms with E-state index in [-0.39, 0.29) is 12.5 Å². The van der Waals surface area contributed by atoms with Crippen molar-refractivity contribution < 1.29 is 9.90 Å². The van der Waals surface area contributed by atoms with Crippen molar-refractivity contribution >= 4 is 21.8 Å². The van der Waals surface area contributed by atoms with E-state index in [9.17, 15) is 9.90 Å². The molecule has 0 bridgehead atoms. The van der Waals surface area contributed by atoms with Crippen LogP contribution in [0.1, 0.15) is 29.6 Å². The molecule has 0 atom stereocenters. The molecular formula is C11H13BrN2O2. The molecule has 1 aromatic heterocycles. The fourth-order valence-corrected chi connectivity index (χ4v) is 2.14. The Morgan fingerprint density at radius 2 is 2.31 bits per heavy atom. The third-order valence-corrected chi connectivity index (χ3v) is 3.39. The molecule has 1 saturated carbocycles. The monoisotopic (exact) mass is 284 g/mol. The largest absolute Gasteiger partial charge is 0.394 e. The Labute approximate surface area is 102 Å². The van der Waals surface area contributed by atoms with Crippen LogP contribution in [0.2, 0.25) is 0 Å². The van der Waals surface area contributed by atoms with Gasteiger partial charge in [-0.15, -0.1) is 0 Å². The fourth-order valence-electron chi connectivity index (χ4n) is 1.78. The highest BCUT2D eigenvalue weighted by Gasteiger charge is 2.37. The number of hydrogen-bond donors (Lipinski definition) is 2. The lowest BCUT2D eigenvalue weighted by Gasteiger charge is -2.40. The second-order valence-electron chi connectivity index (χ2n) is 4.14. The average molecular weight is 285 g/mol. The number of nitrogens with zero attached hydrogens (tertiary/aromatic N) is 1. The molecule has 0 aromatic carbocycles. The zero-order valence-electron chi connectivity index (χ0n) is 8.74. The summed E-state index contributed by atoms with van der Waals surface area (Å²) in [5.74, 6) is -0.178. The number of hydrogen-bond acceptors (Lipinski definition) is 3. The molecule has 1 heterocycles. The summed E-state index contributed by atoms with van der Waals surface area (Å²) < 4.78 is 0.770. The molecule has 0 aliphatic heterocycles. The second kappa shape index (κ2) is 4.51. The summed E-state index contributed by atoms with van der Waals surface area (Å²) in [5.41, 5.74) is 0.105. The van der Waals surface area contributed by atoms with Crippen molar-refractivity contribution in [3.05, 3.63) is 28.5 Å². The van der Waals surface area contributed by atoms with Gasteiger partial charge in [-0.2, -0.15) is 0 Å². The number of aliphatic hydroxyl groups excluding tert-OH is 1. The average Bonchev–Trinajstić information content (AvgIpc) is 2.23. The van der Waals surface area contributed by atoms with E-state index >= 15 is 0 Å². The van der Waals surface area contributed by atoms with Gasteiger partial charge in [-0.25, -0.2) is 0 Å². The minimum atomic E-state index is -0.403. The molecule has 4 nitrogen and oxygen atoms in total. The molecule has 1 aliphatic carbocycles. The summed E-state index contributed by atoms with van der Waals surface area (Å²) in [4.78, 5) is 15.8. The summed E-state index contributed by atoms with van der Waals surface area (Å²) in [6.07, 6.45) is 5.89. The number of amides is 1. The van der Waals surface area contributed by atoms with Crippen LogP contribution in [0.25, 0.3) is 0 Å². The maximum Gasteiger partial charge on any atom is 0.253 e. The quantitative estimate of drug-likeness (QED) is 0.884. The molecule has 2 rings (SSSR count). The summed E-state index contributed by atoms with van der Waals surface area (Å²) in [5, 5.41) is 12.1. The van der Waals surface area contributed by atoms with Gasteiger partial charge in [0.15, 0.2) is 0 Å². The van der Waals surface area contributed by atoms with Crippen LogP contribution >= 0.6 is 15.9 Å². The first-order valence-corrected chi connectivity index (χ1v) is 5.98. The number of carbonyl (C=O) groups excluding carboxylic acids is 1. The lowest BCUT2D eigenvalue weighted by Crippen LogP contribution is -2.56. The molecular weight excluding hydrogens is 272 g/mol. The minimum Gasteiger partial charge on any atom is -0.394 e. The van der Waals surface area contributed by atoms with Gasteiger partial charge in [0.2, 0.25) is 0 Å². The fraction of sp³-hybridized carbons (Fsp3) is 0.455. The van der Waals surface area contributed by atoms with E-state index in [2.05, 4.69) is 26.2 Å². The SMILES string of the molecule is O=C(NC1(CO)CCC1)c1cncc(Br)c1. The van der Waals surface area contributed by atoms with E-state index in [0.29, 0.717) is 5.56 Å². The van der Waals surface area contributed by atoms with Gasteiger partial charge in [-0.1, -0.05) is 0 Å². The molecule has 86 valence electrons. The molecule has 0 saturated heterocycles. The molecule has 16 heavy (non-hydrogen) atoms. The zero-order valence-corrected chi connectivity index (χ0v) is 10.3. The highest BCUT2D eigenvalue weighted by Crippen LogP contribution is 2.31. The Balaban J connectivity index is 2.08. The number of carbonyl (C=O) groups is 1. The molecule has 5 heteroatoms. The Morgan fingerprint density at radius 1 is 1.56 bits per heavy atom. The molecule has 0 spiro atoms. The van der Waals surface area contributed by atoms with E-state index in [1.54, 1.807) is 12.3 Å². The van der Waals surface area contributed by atoms with Crippen LogP contribution in [-0.4, -0.2) is 28.1 Å². The number of halogens is 1. The number of nitrogens with one attached hydrogen (secondary N) is 1. The van der Waals surface area contributed by atoms with Gasteiger partial charge in [0.05, 0.1) is 17.7 Å². The minimum absolute atomic E-state index is 0.000170. The summed E-state index contributed by atoms with van der Waals surface area (Å²) in [6, 6.07) is 1.71. The van der Waals surface area contributed by atoms with Crippen LogP contribution in [-0.2, 0) is 0 Å². The molecule has 0 unspecified atom stereocenters. The van der Waals surface area contributed by atoms with Crippen molar-refractivity contribution in [3.8, 4) is 0 Å². The summed E-state index contributed by atoms with van der Waals surface area (Å²) >= 11 is 3.27. The number of aromatic nitrogens is 1. The van der Waals surface area contributed by atoms with E-state index < -0.39 is 5.54 Å². The molecule has 1 amide bonds. The van der Waals surface area contributed by atoms with Crippen LogP contribution in [0.3, 0.4) is 0 Å². The van der Waals surface area contributed by atoms with Crippen LogP contribution < -0.4 is 5.32 Å². The number of rotatable bonds is 3. The first-order chi connectivity index (χ1) is 7.65. The standard InChI is InChI=1S/C11H13BrN2O2/c12-9-4-8(5-13-6-9)10(16)14-11(7-15)2-1-3-11/h4-6,15H,1-3,7H2,(H,14,16). The zero-order chi connectivity index (χ0) is 11.6. The Kier molecular flexibility index (Phi) is 3.25. The molecule has 1 fully saturated rings. The summed E-state index contributed by atoms with van der Waals surface area (Å²) in [7, 11) is 0.